The number of sulfonamides is 1. The van der Waals surface area contributed by atoms with E-state index in [0.29, 0.717) is 11.6 Å². The van der Waals surface area contributed by atoms with Crippen molar-refractivity contribution in [2.24, 2.45) is 0 Å². The Morgan fingerprint density at radius 2 is 1.81 bits per heavy atom. The predicted molar refractivity (Wildman–Crippen MR) is 99.0 cm³/mol. The van der Waals surface area contributed by atoms with Gasteiger partial charge in [0.05, 0.1) is 19.9 Å². The second-order valence-corrected chi connectivity index (χ2v) is 7.37. The van der Waals surface area contributed by atoms with Crippen molar-refractivity contribution in [2.75, 3.05) is 18.9 Å². The van der Waals surface area contributed by atoms with Gasteiger partial charge in [-0.3, -0.25) is 4.72 Å². The van der Waals surface area contributed by atoms with E-state index in [9.17, 15) is 8.42 Å². The Morgan fingerprint density at radius 1 is 1.04 bits per heavy atom. The molecular weight excluding hydrogens is 370 g/mol. The molecular formula is C17H19N5O4S. The summed E-state index contributed by atoms with van der Waals surface area (Å²) >= 11 is 0. The zero-order valence-electron chi connectivity index (χ0n) is 15.3. The van der Waals surface area contributed by atoms with Gasteiger partial charge in [0, 0.05) is 17.8 Å². The van der Waals surface area contributed by atoms with Crippen molar-refractivity contribution in [3.8, 4) is 17.3 Å². The number of aromatic nitrogens is 4. The number of hydrogen-bond acceptors (Lipinski definition) is 7. The first-order valence-corrected chi connectivity index (χ1v) is 9.43. The van der Waals surface area contributed by atoms with Gasteiger partial charge in [-0.2, -0.15) is 5.10 Å². The van der Waals surface area contributed by atoms with Crippen LogP contribution in [0.5, 0.6) is 11.5 Å². The fraction of sp³-hybridized carbons (Fsp3) is 0.235. The van der Waals surface area contributed by atoms with E-state index in [0.717, 1.165) is 11.4 Å². The van der Waals surface area contributed by atoms with Gasteiger partial charge < -0.3 is 9.47 Å². The van der Waals surface area contributed by atoms with Crippen LogP contribution < -0.4 is 14.2 Å². The second kappa shape index (κ2) is 7.23. The maximum atomic E-state index is 12.8. The molecule has 3 rings (SSSR count). The summed E-state index contributed by atoms with van der Waals surface area (Å²) in [6.45, 7) is 3.75. The Bertz CT molecular complexity index is 1080. The number of rotatable bonds is 6. The minimum atomic E-state index is -3.97. The molecule has 0 saturated heterocycles. The van der Waals surface area contributed by atoms with Crippen LogP contribution in [0.1, 0.15) is 11.4 Å². The fourth-order valence-electron chi connectivity index (χ4n) is 2.57. The van der Waals surface area contributed by atoms with E-state index < -0.39 is 10.0 Å². The Balaban J connectivity index is 1.98. The van der Waals surface area contributed by atoms with Crippen LogP contribution in [-0.2, 0) is 10.0 Å². The molecule has 2 aromatic heterocycles. The third kappa shape index (κ3) is 3.85. The Hall–Kier alpha value is -3.14. The van der Waals surface area contributed by atoms with Gasteiger partial charge in [-0.25, -0.2) is 23.1 Å². The summed E-state index contributed by atoms with van der Waals surface area (Å²) in [7, 11) is -1.12. The fourth-order valence-corrected chi connectivity index (χ4v) is 3.75. The molecule has 0 aliphatic heterocycles. The number of nitrogens with one attached hydrogen (secondary N) is 1. The molecule has 0 spiro atoms. The van der Waals surface area contributed by atoms with Crippen molar-refractivity contribution in [2.45, 2.75) is 18.7 Å². The molecule has 0 amide bonds. The highest BCUT2D eigenvalue weighted by Gasteiger charge is 2.22. The number of ether oxygens (including phenoxy) is 2. The molecule has 0 aliphatic rings. The van der Waals surface area contributed by atoms with Crippen molar-refractivity contribution < 1.29 is 17.9 Å². The van der Waals surface area contributed by atoms with Gasteiger partial charge >= 0.3 is 0 Å². The summed E-state index contributed by atoms with van der Waals surface area (Å²) in [4.78, 5) is 8.09. The Labute approximate surface area is 157 Å². The zero-order valence-corrected chi connectivity index (χ0v) is 16.1. The third-order valence-electron chi connectivity index (χ3n) is 3.78. The summed E-state index contributed by atoms with van der Waals surface area (Å²) < 4.78 is 40.0. The van der Waals surface area contributed by atoms with Crippen molar-refractivity contribution >= 4 is 15.8 Å². The molecule has 0 radical (unpaired) electrons. The summed E-state index contributed by atoms with van der Waals surface area (Å²) in [5, 5.41) is 4.34. The van der Waals surface area contributed by atoms with Gasteiger partial charge in [0.25, 0.3) is 10.0 Å². The van der Waals surface area contributed by atoms with Gasteiger partial charge in [0.15, 0.2) is 5.82 Å². The molecule has 0 fully saturated rings. The second-order valence-electron chi connectivity index (χ2n) is 5.72. The topological polar surface area (TPSA) is 108 Å². The Kier molecular flexibility index (Phi) is 5.00. The molecule has 0 aliphatic carbocycles. The monoisotopic (exact) mass is 389 g/mol. The highest BCUT2D eigenvalue weighted by Crippen LogP contribution is 2.29. The van der Waals surface area contributed by atoms with Crippen LogP contribution in [0, 0.1) is 13.8 Å². The van der Waals surface area contributed by atoms with Gasteiger partial charge in [0.1, 0.15) is 28.5 Å². The number of anilines is 1. The number of benzene rings is 1. The maximum Gasteiger partial charge on any atom is 0.266 e. The molecule has 10 heteroatoms. The molecule has 1 N–H and O–H groups in total. The molecule has 0 unspecified atom stereocenters. The zero-order chi connectivity index (χ0) is 19.6. The van der Waals surface area contributed by atoms with Crippen LogP contribution in [0.25, 0.3) is 5.82 Å². The molecule has 0 atom stereocenters. The molecule has 1 aromatic carbocycles. The van der Waals surface area contributed by atoms with E-state index in [1.54, 1.807) is 10.7 Å². The number of methoxy groups -OCH3 is 2. The van der Waals surface area contributed by atoms with Crippen LogP contribution in [0.4, 0.5) is 5.82 Å². The summed E-state index contributed by atoms with van der Waals surface area (Å²) in [5.74, 6) is 1.14. The highest BCUT2D eigenvalue weighted by molar-refractivity contribution is 7.92. The first-order chi connectivity index (χ1) is 12.8. The third-order valence-corrected chi connectivity index (χ3v) is 5.15. The van der Waals surface area contributed by atoms with E-state index in [2.05, 4.69) is 19.8 Å². The number of nitrogens with zero attached hydrogens (tertiary/aromatic N) is 4. The number of aryl methyl sites for hydroxylation is 2. The molecule has 142 valence electrons. The average molecular weight is 389 g/mol. The molecule has 27 heavy (non-hydrogen) atoms. The molecule has 0 saturated carbocycles. The minimum Gasteiger partial charge on any atom is -0.497 e. The lowest BCUT2D eigenvalue weighted by atomic mass is 10.3. The predicted octanol–water partition coefficient (Wildman–Crippen LogP) is 2.10. The van der Waals surface area contributed by atoms with Crippen molar-refractivity contribution in [1.82, 2.24) is 19.7 Å². The SMILES string of the molecule is COc1ccc(OC)c(S(=O)(=O)Nc2cc(-n3nc(C)cc3C)ncn2)c1. The van der Waals surface area contributed by atoms with Crippen molar-refractivity contribution in [3.05, 3.63) is 48.0 Å². The lowest BCUT2D eigenvalue weighted by Crippen LogP contribution is -2.16. The lowest BCUT2D eigenvalue weighted by molar-refractivity contribution is 0.392. The van der Waals surface area contributed by atoms with Gasteiger partial charge in [-0.05, 0) is 32.0 Å². The van der Waals surface area contributed by atoms with E-state index >= 15 is 0 Å². The Morgan fingerprint density at radius 3 is 2.44 bits per heavy atom. The summed E-state index contributed by atoms with van der Waals surface area (Å²) in [6.07, 6.45) is 1.27. The van der Waals surface area contributed by atoms with Crippen molar-refractivity contribution in [1.29, 1.82) is 0 Å². The van der Waals surface area contributed by atoms with E-state index in [1.807, 2.05) is 19.9 Å². The maximum absolute atomic E-state index is 12.8. The van der Waals surface area contributed by atoms with Gasteiger partial charge in [-0.1, -0.05) is 0 Å². The van der Waals surface area contributed by atoms with Crippen LogP contribution in [0.3, 0.4) is 0 Å². The van der Waals surface area contributed by atoms with E-state index in [-0.39, 0.29) is 16.5 Å². The van der Waals surface area contributed by atoms with Gasteiger partial charge in [0.2, 0.25) is 0 Å². The van der Waals surface area contributed by atoms with Crippen LogP contribution in [0.2, 0.25) is 0 Å². The lowest BCUT2D eigenvalue weighted by Gasteiger charge is -2.13. The van der Waals surface area contributed by atoms with Crippen LogP contribution >= 0.6 is 0 Å². The molecule has 9 nitrogen and oxygen atoms in total. The number of hydrogen-bond donors (Lipinski definition) is 1. The average Bonchev–Trinajstić information content (AvgIpc) is 2.99. The smallest absolute Gasteiger partial charge is 0.266 e. The first kappa shape index (κ1) is 18.6. The van der Waals surface area contributed by atoms with E-state index in [4.69, 9.17) is 9.47 Å². The first-order valence-electron chi connectivity index (χ1n) is 7.94. The largest absolute Gasteiger partial charge is 0.497 e. The van der Waals surface area contributed by atoms with Crippen LogP contribution in [0.15, 0.2) is 41.6 Å². The molecule has 0 bridgehead atoms. The standard InChI is InChI=1S/C17H19N5O4S/c1-11-7-12(2)22(20-11)17-9-16(18-10-19-17)21-27(23,24)15-8-13(25-3)5-6-14(15)26-4/h5-10H,1-4H3,(H,18,19,21). The highest BCUT2D eigenvalue weighted by atomic mass is 32.2. The normalized spacial score (nSPS) is 11.3. The summed E-state index contributed by atoms with van der Waals surface area (Å²) in [6, 6.07) is 7.92. The summed E-state index contributed by atoms with van der Waals surface area (Å²) in [5.41, 5.74) is 1.70. The molecule has 2 heterocycles. The van der Waals surface area contributed by atoms with Crippen molar-refractivity contribution in [3.63, 3.8) is 0 Å². The van der Waals surface area contributed by atoms with Gasteiger partial charge in [-0.15, -0.1) is 0 Å². The minimum absolute atomic E-state index is 0.0596. The van der Waals surface area contributed by atoms with Crippen LogP contribution in [-0.4, -0.2) is 42.4 Å². The molecule has 3 aromatic rings. The van der Waals surface area contributed by atoms with E-state index in [1.165, 1.54) is 38.7 Å². The quantitative estimate of drug-likeness (QED) is 0.688.